The lowest BCUT2D eigenvalue weighted by molar-refractivity contribution is 0.0696. The highest BCUT2D eigenvalue weighted by molar-refractivity contribution is 5.86. The summed E-state index contributed by atoms with van der Waals surface area (Å²) in [6.45, 7) is 1.76. The summed E-state index contributed by atoms with van der Waals surface area (Å²) >= 11 is 0. The van der Waals surface area contributed by atoms with Crippen molar-refractivity contribution in [2.75, 3.05) is 5.01 Å². The van der Waals surface area contributed by atoms with Gasteiger partial charge < -0.3 is 9.94 Å². The van der Waals surface area contributed by atoms with Crippen LogP contribution in [0.15, 0.2) is 24.4 Å². The van der Waals surface area contributed by atoms with E-state index in [1.165, 1.54) is 17.4 Å². The van der Waals surface area contributed by atoms with Crippen molar-refractivity contribution in [3.05, 3.63) is 29.9 Å². The molecule has 0 saturated carbocycles. The van der Waals surface area contributed by atoms with Crippen LogP contribution in [0.25, 0.3) is 0 Å². The first-order valence-electron chi connectivity index (χ1n) is 4.12. The molecule has 0 bridgehead atoms. The Kier molecular flexibility index (Phi) is 2.22. The predicted octanol–water partition coefficient (Wildman–Crippen LogP) is 0.292. The van der Waals surface area contributed by atoms with Crippen LogP contribution in [0, 0.1) is 0 Å². The fourth-order valence-electron chi connectivity index (χ4n) is 1.01. The van der Waals surface area contributed by atoms with Gasteiger partial charge in [0.05, 0.1) is 11.8 Å². The Hall–Kier alpha value is -2.15. The van der Waals surface area contributed by atoms with Crippen LogP contribution >= 0.6 is 0 Å². The van der Waals surface area contributed by atoms with E-state index < -0.39 is 5.97 Å². The van der Waals surface area contributed by atoms with Crippen LogP contribution in [0.5, 0.6) is 0 Å². The molecule has 1 aliphatic rings. The Balaban J connectivity index is 2.21. The minimum atomic E-state index is -1.06. The van der Waals surface area contributed by atoms with Gasteiger partial charge in [0, 0.05) is 12.4 Å². The fourth-order valence-corrected chi connectivity index (χ4v) is 1.01. The zero-order valence-corrected chi connectivity index (χ0v) is 7.84. The van der Waals surface area contributed by atoms with E-state index in [-0.39, 0.29) is 5.56 Å². The molecule has 15 heavy (non-hydrogen) atoms. The van der Waals surface area contributed by atoms with Gasteiger partial charge in [-0.25, -0.2) is 19.8 Å². The summed E-state index contributed by atoms with van der Waals surface area (Å²) < 4.78 is 0. The maximum Gasteiger partial charge on any atom is 0.338 e. The molecule has 0 saturated heterocycles. The molecule has 0 spiro atoms. The number of allylic oxidation sites excluding steroid dienone is 1. The molecule has 7 nitrogen and oxygen atoms in total. The first kappa shape index (κ1) is 9.41. The van der Waals surface area contributed by atoms with Gasteiger partial charge >= 0.3 is 5.97 Å². The molecule has 0 fully saturated rings. The van der Waals surface area contributed by atoms with Crippen molar-refractivity contribution in [3.63, 3.8) is 0 Å². The van der Waals surface area contributed by atoms with Gasteiger partial charge in [0.1, 0.15) is 5.76 Å². The van der Waals surface area contributed by atoms with Gasteiger partial charge in [-0.3, -0.25) is 0 Å². The third-order valence-electron chi connectivity index (χ3n) is 1.72. The molecule has 0 aromatic carbocycles. The number of hydrazine groups is 1. The molecule has 78 valence electrons. The van der Waals surface area contributed by atoms with Crippen molar-refractivity contribution in [1.82, 2.24) is 15.6 Å². The molecule has 1 aromatic rings. The Morgan fingerprint density at radius 1 is 1.53 bits per heavy atom. The lowest BCUT2D eigenvalue weighted by Crippen LogP contribution is -2.28. The fraction of sp³-hybridized carbons (Fsp3) is 0.125. The highest BCUT2D eigenvalue weighted by Gasteiger charge is 2.14. The molecule has 2 rings (SSSR count). The third kappa shape index (κ3) is 1.86. The molecule has 0 radical (unpaired) electrons. The van der Waals surface area contributed by atoms with Crippen LogP contribution in [0.2, 0.25) is 0 Å². The largest absolute Gasteiger partial charge is 0.478 e. The maximum atomic E-state index is 10.5. The molecule has 0 atom stereocenters. The van der Waals surface area contributed by atoms with Gasteiger partial charge in [-0.05, 0) is 6.92 Å². The van der Waals surface area contributed by atoms with Crippen molar-refractivity contribution < 1.29 is 14.7 Å². The van der Waals surface area contributed by atoms with Crippen LogP contribution in [-0.2, 0) is 4.84 Å². The number of nitrogens with one attached hydrogen (secondary N) is 1. The molecule has 2 heterocycles. The average Bonchev–Trinajstić information content (AvgIpc) is 2.65. The summed E-state index contributed by atoms with van der Waals surface area (Å²) in [4.78, 5) is 23.2. The minimum Gasteiger partial charge on any atom is -0.478 e. The lowest BCUT2D eigenvalue weighted by atomic mass is 10.3. The number of carboxylic acids is 1. The normalized spacial score (nSPS) is 14.7. The molecule has 0 unspecified atom stereocenters. The number of hydrogen-bond donors (Lipinski definition) is 2. The monoisotopic (exact) mass is 208 g/mol. The van der Waals surface area contributed by atoms with Gasteiger partial charge in [0.25, 0.3) is 0 Å². The summed E-state index contributed by atoms with van der Waals surface area (Å²) in [5.74, 6) is -0.0725. The quantitative estimate of drug-likeness (QED) is 0.722. The average molecular weight is 208 g/mol. The first-order chi connectivity index (χ1) is 7.16. The van der Waals surface area contributed by atoms with Crippen LogP contribution in [0.1, 0.15) is 17.3 Å². The molecule has 1 aromatic heterocycles. The topological polar surface area (TPSA) is 87.6 Å². The van der Waals surface area contributed by atoms with Gasteiger partial charge in [-0.1, -0.05) is 5.59 Å². The zero-order chi connectivity index (χ0) is 10.8. The number of rotatable bonds is 2. The first-order valence-corrected chi connectivity index (χ1v) is 4.12. The highest BCUT2D eigenvalue weighted by atomic mass is 16.7. The Morgan fingerprint density at radius 3 is 2.67 bits per heavy atom. The van der Waals surface area contributed by atoms with Gasteiger partial charge in [-0.2, -0.15) is 0 Å². The van der Waals surface area contributed by atoms with Gasteiger partial charge in [-0.15, -0.1) is 0 Å². The third-order valence-corrected chi connectivity index (χ3v) is 1.72. The predicted molar refractivity (Wildman–Crippen MR) is 49.4 cm³/mol. The molecular formula is C8H8N4O3. The number of carboxylic acid groups (broad SMARTS) is 1. The van der Waals surface area contributed by atoms with E-state index in [4.69, 9.17) is 9.94 Å². The van der Waals surface area contributed by atoms with Gasteiger partial charge in [0.15, 0.2) is 0 Å². The standard InChI is InChI=1S/C8H8N4O3/c1-5-4-12(11-15-5)8-9-2-6(3-10-8)7(13)14/h2-4,11H,1H3,(H,13,14). The lowest BCUT2D eigenvalue weighted by Gasteiger charge is -2.10. The molecule has 0 aliphatic carbocycles. The van der Waals surface area contributed by atoms with Crippen molar-refractivity contribution in [2.45, 2.75) is 6.92 Å². The van der Waals surface area contributed by atoms with E-state index in [2.05, 4.69) is 15.6 Å². The highest BCUT2D eigenvalue weighted by Crippen LogP contribution is 2.12. The Bertz CT molecular complexity index is 414. The molecule has 7 heteroatoms. The number of carbonyl (C=O) groups is 1. The minimum absolute atomic E-state index is 0.0413. The van der Waals surface area contributed by atoms with E-state index in [1.54, 1.807) is 13.1 Å². The van der Waals surface area contributed by atoms with Crippen molar-refractivity contribution in [3.8, 4) is 0 Å². The van der Waals surface area contributed by atoms with E-state index >= 15 is 0 Å². The number of aromatic nitrogens is 2. The Labute approximate surface area is 84.9 Å². The van der Waals surface area contributed by atoms with Crippen molar-refractivity contribution in [1.29, 1.82) is 0 Å². The van der Waals surface area contributed by atoms with Crippen LogP contribution in [0.4, 0.5) is 5.95 Å². The second-order valence-corrected chi connectivity index (χ2v) is 2.88. The number of nitrogens with zero attached hydrogens (tertiary/aromatic N) is 3. The van der Waals surface area contributed by atoms with Crippen LogP contribution in [-0.4, -0.2) is 21.0 Å². The van der Waals surface area contributed by atoms with Crippen molar-refractivity contribution >= 4 is 11.9 Å². The second-order valence-electron chi connectivity index (χ2n) is 2.88. The number of anilines is 1. The van der Waals surface area contributed by atoms with Crippen molar-refractivity contribution in [2.24, 2.45) is 0 Å². The summed E-state index contributed by atoms with van der Waals surface area (Å²) in [6, 6.07) is 0. The zero-order valence-electron chi connectivity index (χ0n) is 7.84. The van der Waals surface area contributed by atoms with E-state index in [1.807, 2.05) is 0 Å². The maximum absolute atomic E-state index is 10.5. The van der Waals surface area contributed by atoms with Crippen LogP contribution < -0.4 is 10.6 Å². The van der Waals surface area contributed by atoms with Crippen LogP contribution in [0.3, 0.4) is 0 Å². The SMILES string of the molecule is CC1=CN(c2ncc(C(=O)O)cn2)NO1. The number of hydrogen-bond acceptors (Lipinski definition) is 6. The summed E-state index contributed by atoms with van der Waals surface area (Å²) in [5.41, 5.74) is 2.58. The molecule has 1 aliphatic heterocycles. The summed E-state index contributed by atoms with van der Waals surface area (Å²) in [5, 5.41) is 10.1. The molecular weight excluding hydrogens is 200 g/mol. The smallest absolute Gasteiger partial charge is 0.338 e. The molecule has 0 amide bonds. The van der Waals surface area contributed by atoms with E-state index in [0.717, 1.165) is 0 Å². The number of aromatic carboxylic acids is 1. The second kappa shape index (κ2) is 3.54. The summed E-state index contributed by atoms with van der Waals surface area (Å²) in [7, 11) is 0. The molecule has 2 N–H and O–H groups in total. The summed E-state index contributed by atoms with van der Waals surface area (Å²) in [6.07, 6.45) is 4.11. The Morgan fingerprint density at radius 2 is 2.20 bits per heavy atom. The van der Waals surface area contributed by atoms with Gasteiger partial charge in [0.2, 0.25) is 5.95 Å². The van der Waals surface area contributed by atoms with E-state index in [0.29, 0.717) is 11.7 Å². The van der Waals surface area contributed by atoms with E-state index in [9.17, 15) is 4.79 Å².